The van der Waals surface area contributed by atoms with E-state index in [9.17, 15) is 0 Å². The van der Waals surface area contributed by atoms with E-state index in [1.54, 1.807) is 0 Å². The van der Waals surface area contributed by atoms with E-state index in [0.29, 0.717) is 12.5 Å². The summed E-state index contributed by atoms with van der Waals surface area (Å²) in [6.45, 7) is 11.3. The topological polar surface area (TPSA) is 48.9 Å². The minimum Gasteiger partial charge on any atom is -0.379 e. The number of ether oxygens (including phenoxy) is 1. The van der Waals surface area contributed by atoms with E-state index in [0.717, 1.165) is 51.9 Å². The second kappa shape index (κ2) is 12.2. The van der Waals surface area contributed by atoms with E-state index in [1.807, 2.05) is 6.92 Å². The highest BCUT2D eigenvalue weighted by Crippen LogP contribution is 2.03. The van der Waals surface area contributed by atoms with Crippen molar-refractivity contribution in [1.82, 2.24) is 15.5 Å². The molecule has 0 radical (unpaired) electrons. The molecule has 20 heavy (non-hydrogen) atoms. The number of nitrogens with zero attached hydrogens (tertiary/aromatic N) is 2. The highest BCUT2D eigenvalue weighted by atomic mass is 127. The molecule has 1 rings (SSSR count). The van der Waals surface area contributed by atoms with Gasteiger partial charge in [0.25, 0.3) is 0 Å². The van der Waals surface area contributed by atoms with Crippen LogP contribution in [0.5, 0.6) is 0 Å². The summed E-state index contributed by atoms with van der Waals surface area (Å²) in [7, 11) is 0. The minimum absolute atomic E-state index is 0. The first kappa shape index (κ1) is 19.5. The maximum absolute atomic E-state index is 5.35. The third-order valence-electron chi connectivity index (χ3n) is 2.94. The quantitative estimate of drug-likeness (QED) is 0.302. The Balaban J connectivity index is 0.00000361. The predicted molar refractivity (Wildman–Crippen MR) is 94.7 cm³/mol. The molecule has 0 amide bonds. The number of hydrogen-bond acceptors (Lipinski definition) is 3. The van der Waals surface area contributed by atoms with Crippen molar-refractivity contribution in [2.75, 3.05) is 52.5 Å². The molecule has 0 spiro atoms. The number of guanidine groups is 1. The van der Waals surface area contributed by atoms with E-state index in [4.69, 9.17) is 11.2 Å². The molecule has 0 aromatic carbocycles. The summed E-state index contributed by atoms with van der Waals surface area (Å²) in [4.78, 5) is 6.99. The van der Waals surface area contributed by atoms with Gasteiger partial charge in [-0.1, -0.05) is 12.8 Å². The molecule has 1 atom stereocenters. The maximum Gasteiger partial charge on any atom is 0.192 e. The first-order valence-electron chi connectivity index (χ1n) is 7.02. The molecular weight excluding hydrogens is 367 g/mol. The number of morpholine rings is 1. The van der Waals surface area contributed by atoms with Crippen molar-refractivity contribution in [3.63, 3.8) is 0 Å². The Morgan fingerprint density at radius 2 is 2.10 bits per heavy atom. The predicted octanol–water partition coefficient (Wildman–Crippen LogP) is 0.761. The molecule has 1 unspecified atom stereocenters. The summed E-state index contributed by atoms with van der Waals surface area (Å²) in [6, 6.07) is 0. The van der Waals surface area contributed by atoms with Crippen LogP contribution >= 0.6 is 24.0 Å². The summed E-state index contributed by atoms with van der Waals surface area (Å²) in [6.07, 6.45) is 5.24. The van der Waals surface area contributed by atoms with Gasteiger partial charge in [0.2, 0.25) is 0 Å². The Kier molecular flexibility index (Phi) is 11.9. The van der Waals surface area contributed by atoms with Crippen LogP contribution < -0.4 is 10.6 Å². The fourth-order valence-electron chi connectivity index (χ4n) is 2.01. The minimum atomic E-state index is 0. The van der Waals surface area contributed by atoms with Crippen LogP contribution in [0.1, 0.15) is 13.8 Å². The molecule has 1 aliphatic rings. The average Bonchev–Trinajstić information content (AvgIpc) is 2.43. The number of terminal acetylenes is 1. The van der Waals surface area contributed by atoms with Crippen LogP contribution in [0, 0.1) is 18.3 Å². The van der Waals surface area contributed by atoms with Crippen molar-refractivity contribution in [2.24, 2.45) is 10.9 Å². The average molecular weight is 394 g/mol. The Bertz CT molecular complexity index is 311. The smallest absolute Gasteiger partial charge is 0.192 e. The van der Waals surface area contributed by atoms with Crippen LogP contribution in [0.25, 0.3) is 0 Å². The Labute approximate surface area is 139 Å². The second-order valence-corrected chi connectivity index (χ2v) is 4.80. The van der Waals surface area contributed by atoms with E-state index in [1.165, 1.54) is 0 Å². The summed E-state index contributed by atoms with van der Waals surface area (Å²) in [5, 5.41) is 6.28. The van der Waals surface area contributed by atoms with Crippen molar-refractivity contribution < 1.29 is 4.74 Å². The van der Waals surface area contributed by atoms with Crippen LogP contribution in [0.2, 0.25) is 0 Å². The number of rotatable bonds is 6. The lowest BCUT2D eigenvalue weighted by molar-refractivity contribution is 0.0323. The van der Waals surface area contributed by atoms with Gasteiger partial charge in [-0.3, -0.25) is 9.89 Å². The van der Waals surface area contributed by atoms with Gasteiger partial charge >= 0.3 is 0 Å². The second-order valence-electron chi connectivity index (χ2n) is 4.80. The van der Waals surface area contributed by atoms with Crippen LogP contribution in [0.4, 0.5) is 0 Å². The SMILES string of the molecule is C#CCNC(=NCC(C)CN1CCOCC1)NCC.I. The summed E-state index contributed by atoms with van der Waals surface area (Å²) >= 11 is 0. The maximum atomic E-state index is 5.35. The zero-order valence-electron chi connectivity index (χ0n) is 12.5. The largest absolute Gasteiger partial charge is 0.379 e. The molecule has 2 N–H and O–H groups in total. The van der Waals surface area contributed by atoms with Gasteiger partial charge in [-0.2, -0.15) is 0 Å². The first-order valence-corrected chi connectivity index (χ1v) is 7.02. The molecule has 0 aromatic rings. The highest BCUT2D eigenvalue weighted by Gasteiger charge is 2.13. The lowest BCUT2D eigenvalue weighted by Gasteiger charge is -2.28. The molecule has 1 heterocycles. The number of aliphatic imine (C=N–C) groups is 1. The Morgan fingerprint density at radius 3 is 2.70 bits per heavy atom. The molecule has 5 nitrogen and oxygen atoms in total. The third-order valence-corrected chi connectivity index (χ3v) is 2.94. The van der Waals surface area contributed by atoms with Crippen LogP contribution in [-0.4, -0.2) is 63.3 Å². The van der Waals surface area contributed by atoms with Gasteiger partial charge in [0.05, 0.1) is 19.8 Å². The summed E-state index contributed by atoms with van der Waals surface area (Å²) in [5.41, 5.74) is 0. The van der Waals surface area contributed by atoms with Gasteiger partial charge in [-0.15, -0.1) is 30.4 Å². The normalized spacial score (nSPS) is 17.8. The van der Waals surface area contributed by atoms with Gasteiger partial charge in [-0.05, 0) is 12.8 Å². The summed E-state index contributed by atoms with van der Waals surface area (Å²) in [5.74, 6) is 3.88. The van der Waals surface area contributed by atoms with Crippen molar-refractivity contribution in [1.29, 1.82) is 0 Å². The first-order chi connectivity index (χ1) is 9.26. The third kappa shape index (κ3) is 8.61. The number of nitrogens with one attached hydrogen (secondary N) is 2. The van der Waals surface area contributed by atoms with Crippen LogP contribution in [0.15, 0.2) is 4.99 Å². The molecule has 0 bridgehead atoms. The molecule has 1 aliphatic heterocycles. The summed E-state index contributed by atoms with van der Waals surface area (Å²) < 4.78 is 5.35. The molecule has 0 saturated carbocycles. The molecule has 1 fully saturated rings. The van der Waals surface area contributed by atoms with E-state index in [-0.39, 0.29) is 24.0 Å². The van der Waals surface area contributed by atoms with Gasteiger partial charge in [0.15, 0.2) is 5.96 Å². The molecule has 0 aromatic heterocycles. The lowest BCUT2D eigenvalue weighted by atomic mass is 10.1. The van der Waals surface area contributed by atoms with Crippen LogP contribution in [0.3, 0.4) is 0 Å². The molecule has 1 saturated heterocycles. The Morgan fingerprint density at radius 1 is 1.40 bits per heavy atom. The molecule has 0 aliphatic carbocycles. The molecule has 116 valence electrons. The monoisotopic (exact) mass is 394 g/mol. The number of hydrogen-bond donors (Lipinski definition) is 2. The van der Waals surface area contributed by atoms with Crippen molar-refractivity contribution in [2.45, 2.75) is 13.8 Å². The lowest BCUT2D eigenvalue weighted by Crippen LogP contribution is -2.40. The zero-order valence-corrected chi connectivity index (χ0v) is 14.9. The van der Waals surface area contributed by atoms with E-state index >= 15 is 0 Å². The standard InChI is InChI=1S/C14H26N4O.HI/c1-4-6-16-14(15-5-2)17-11-13(3)12-18-7-9-19-10-8-18;/h1,13H,5-12H2,2-3H3,(H2,15,16,17);1H. The van der Waals surface area contributed by atoms with Gasteiger partial charge in [0, 0.05) is 32.7 Å². The Hall–Kier alpha value is -0.520. The van der Waals surface area contributed by atoms with Crippen molar-refractivity contribution in [3.05, 3.63) is 0 Å². The fraction of sp³-hybridized carbons (Fsp3) is 0.786. The highest BCUT2D eigenvalue weighted by molar-refractivity contribution is 14.0. The zero-order chi connectivity index (χ0) is 13.9. The van der Waals surface area contributed by atoms with E-state index < -0.39 is 0 Å². The van der Waals surface area contributed by atoms with Gasteiger partial charge in [0.1, 0.15) is 0 Å². The molecule has 6 heteroatoms. The fourth-order valence-corrected chi connectivity index (χ4v) is 2.01. The van der Waals surface area contributed by atoms with Crippen molar-refractivity contribution >= 4 is 29.9 Å². The van der Waals surface area contributed by atoms with Gasteiger partial charge < -0.3 is 15.4 Å². The van der Waals surface area contributed by atoms with Gasteiger partial charge in [-0.25, -0.2) is 0 Å². The van der Waals surface area contributed by atoms with Crippen molar-refractivity contribution in [3.8, 4) is 12.3 Å². The molecular formula is C14H27IN4O. The number of halogens is 1. The van der Waals surface area contributed by atoms with E-state index in [2.05, 4.69) is 33.4 Å². The van der Waals surface area contributed by atoms with Crippen LogP contribution in [-0.2, 0) is 4.74 Å².